The third-order valence-electron chi connectivity index (χ3n) is 6.00. The molecule has 11 nitrogen and oxygen atoms in total. The van der Waals surface area contributed by atoms with Gasteiger partial charge < -0.3 is 35.0 Å². The van der Waals surface area contributed by atoms with Crippen LogP contribution in [0.1, 0.15) is 5.56 Å². The first-order valence-corrected chi connectivity index (χ1v) is 12.0. The van der Waals surface area contributed by atoms with E-state index in [1.165, 1.54) is 0 Å². The van der Waals surface area contributed by atoms with Crippen LogP contribution in [0.5, 0.6) is 0 Å². The summed E-state index contributed by atoms with van der Waals surface area (Å²) < 4.78 is 11.0. The number of nitrogens with one attached hydrogen (secondary N) is 2. The molecule has 3 heterocycles. The summed E-state index contributed by atoms with van der Waals surface area (Å²) in [5.41, 5.74) is 2.88. The van der Waals surface area contributed by atoms with Gasteiger partial charge in [0.1, 0.15) is 0 Å². The molecule has 1 aromatic heterocycles. The number of amides is 2. The topological polar surface area (TPSA) is 125 Å². The molecule has 2 aliphatic heterocycles. The molecule has 0 bridgehead atoms. The second kappa shape index (κ2) is 11.3. The Morgan fingerprint density at radius 1 is 0.750 bits per heavy atom. The fraction of sp³-hybridized carbons (Fsp3) is 0.360. The van der Waals surface area contributed by atoms with Crippen LogP contribution in [0.3, 0.4) is 0 Å². The van der Waals surface area contributed by atoms with E-state index in [0.29, 0.717) is 55.5 Å². The smallest absolute Gasteiger partial charge is 0.323 e. The van der Waals surface area contributed by atoms with Crippen LogP contribution in [0, 0.1) is 0 Å². The number of hydrogen-bond acceptors (Lipinski definition) is 9. The Kier molecular flexibility index (Phi) is 7.50. The van der Waals surface area contributed by atoms with Crippen molar-refractivity contribution in [2.45, 2.75) is 6.61 Å². The molecule has 2 saturated heterocycles. The summed E-state index contributed by atoms with van der Waals surface area (Å²) in [6, 6.07) is 14.0. The quantitative estimate of drug-likeness (QED) is 0.476. The van der Waals surface area contributed by atoms with Crippen LogP contribution < -0.4 is 20.4 Å². The van der Waals surface area contributed by atoms with Gasteiger partial charge in [0.15, 0.2) is 5.82 Å². The van der Waals surface area contributed by atoms with Crippen molar-refractivity contribution in [2.75, 3.05) is 73.0 Å². The third kappa shape index (κ3) is 5.88. The van der Waals surface area contributed by atoms with E-state index in [1.54, 1.807) is 24.3 Å². The Hall–Kier alpha value is -3.80. The number of carbonyl (C=O) groups excluding carboxylic acids is 1. The number of rotatable bonds is 6. The minimum atomic E-state index is -0.358. The Morgan fingerprint density at radius 3 is 1.69 bits per heavy atom. The zero-order chi connectivity index (χ0) is 24.7. The molecule has 2 fully saturated rings. The van der Waals surface area contributed by atoms with Gasteiger partial charge in [-0.3, -0.25) is 0 Å². The first-order chi connectivity index (χ1) is 17.7. The van der Waals surface area contributed by atoms with Crippen LogP contribution in [0.4, 0.5) is 28.1 Å². The monoisotopic (exact) mass is 491 g/mol. The largest absolute Gasteiger partial charge is 0.392 e. The lowest BCUT2D eigenvalue weighted by molar-refractivity contribution is 0.121. The summed E-state index contributed by atoms with van der Waals surface area (Å²) in [5.74, 6) is 1.85. The highest BCUT2D eigenvalue weighted by Gasteiger charge is 2.21. The van der Waals surface area contributed by atoms with E-state index in [-0.39, 0.29) is 12.6 Å². The van der Waals surface area contributed by atoms with Gasteiger partial charge in [-0.25, -0.2) is 4.79 Å². The van der Waals surface area contributed by atoms with Gasteiger partial charge in [0, 0.05) is 43.1 Å². The molecule has 0 unspecified atom stereocenters. The summed E-state index contributed by atoms with van der Waals surface area (Å²) in [7, 11) is 0. The van der Waals surface area contributed by atoms with Crippen LogP contribution in [-0.4, -0.2) is 78.7 Å². The van der Waals surface area contributed by atoms with E-state index in [1.807, 2.05) is 24.3 Å². The van der Waals surface area contributed by atoms with Gasteiger partial charge in [-0.15, -0.1) is 0 Å². The van der Waals surface area contributed by atoms with Crippen LogP contribution in [0.15, 0.2) is 48.5 Å². The molecule has 2 aliphatic rings. The minimum Gasteiger partial charge on any atom is -0.392 e. The molecule has 0 atom stereocenters. The van der Waals surface area contributed by atoms with E-state index < -0.39 is 0 Å². The van der Waals surface area contributed by atoms with Crippen molar-refractivity contribution in [3.8, 4) is 11.4 Å². The summed E-state index contributed by atoms with van der Waals surface area (Å²) >= 11 is 0. The summed E-state index contributed by atoms with van der Waals surface area (Å²) in [5, 5.41) is 14.8. The molecule has 2 amide bonds. The Balaban J connectivity index is 1.32. The molecule has 11 heteroatoms. The highest BCUT2D eigenvalue weighted by molar-refractivity contribution is 5.99. The number of nitrogens with zero attached hydrogens (tertiary/aromatic N) is 5. The van der Waals surface area contributed by atoms with E-state index in [9.17, 15) is 4.79 Å². The summed E-state index contributed by atoms with van der Waals surface area (Å²) in [6.07, 6.45) is 0. The van der Waals surface area contributed by atoms with Crippen LogP contribution in [0.25, 0.3) is 11.4 Å². The van der Waals surface area contributed by atoms with Crippen molar-refractivity contribution in [1.82, 2.24) is 15.0 Å². The Morgan fingerprint density at radius 2 is 1.22 bits per heavy atom. The number of aliphatic hydroxyl groups excluding tert-OH is 1. The van der Waals surface area contributed by atoms with Crippen molar-refractivity contribution in [2.24, 2.45) is 0 Å². The van der Waals surface area contributed by atoms with Crippen molar-refractivity contribution < 1.29 is 19.4 Å². The van der Waals surface area contributed by atoms with Gasteiger partial charge in [0.05, 0.1) is 33.0 Å². The second-order valence-electron chi connectivity index (χ2n) is 8.47. The molecule has 5 rings (SSSR count). The zero-order valence-corrected chi connectivity index (χ0v) is 19.9. The maximum atomic E-state index is 12.4. The number of carbonyl (C=O) groups is 1. The number of benzene rings is 2. The number of anilines is 4. The maximum absolute atomic E-state index is 12.4. The van der Waals surface area contributed by atoms with Crippen molar-refractivity contribution >= 4 is 29.3 Å². The van der Waals surface area contributed by atoms with Gasteiger partial charge in [0.2, 0.25) is 11.9 Å². The molecular weight excluding hydrogens is 462 g/mol. The van der Waals surface area contributed by atoms with E-state index in [0.717, 1.165) is 37.3 Å². The molecule has 0 aliphatic carbocycles. The van der Waals surface area contributed by atoms with Crippen molar-refractivity contribution in [1.29, 1.82) is 0 Å². The summed E-state index contributed by atoms with van der Waals surface area (Å²) in [6.45, 7) is 5.44. The number of morpholine rings is 2. The third-order valence-corrected chi connectivity index (χ3v) is 6.00. The fourth-order valence-electron chi connectivity index (χ4n) is 3.98. The second-order valence-corrected chi connectivity index (χ2v) is 8.47. The van der Waals surface area contributed by atoms with E-state index in [4.69, 9.17) is 29.5 Å². The zero-order valence-electron chi connectivity index (χ0n) is 19.9. The summed E-state index contributed by atoms with van der Waals surface area (Å²) in [4.78, 5) is 30.9. The number of urea groups is 1. The predicted molar refractivity (Wildman–Crippen MR) is 136 cm³/mol. The lowest BCUT2D eigenvalue weighted by Gasteiger charge is -2.30. The minimum absolute atomic E-state index is 0.0398. The van der Waals surface area contributed by atoms with E-state index >= 15 is 0 Å². The Labute approximate surface area is 209 Å². The first-order valence-electron chi connectivity index (χ1n) is 12.0. The highest BCUT2D eigenvalue weighted by atomic mass is 16.5. The van der Waals surface area contributed by atoms with Crippen LogP contribution in [0.2, 0.25) is 0 Å². The van der Waals surface area contributed by atoms with Crippen molar-refractivity contribution in [3.63, 3.8) is 0 Å². The van der Waals surface area contributed by atoms with E-state index in [2.05, 4.69) is 20.4 Å². The van der Waals surface area contributed by atoms with Crippen LogP contribution in [-0.2, 0) is 16.1 Å². The lowest BCUT2D eigenvalue weighted by Crippen LogP contribution is -2.40. The van der Waals surface area contributed by atoms with Gasteiger partial charge >= 0.3 is 6.03 Å². The molecule has 0 saturated carbocycles. The molecule has 0 radical (unpaired) electrons. The molecule has 3 N–H and O–H groups in total. The fourth-order valence-corrected chi connectivity index (χ4v) is 3.98. The van der Waals surface area contributed by atoms with Gasteiger partial charge in [0.25, 0.3) is 0 Å². The number of aliphatic hydroxyl groups is 1. The highest BCUT2D eigenvalue weighted by Crippen LogP contribution is 2.24. The molecular formula is C25H29N7O4. The molecule has 3 aromatic rings. The standard InChI is InChI=1S/C25H29N7O4/c33-17-18-1-5-20(6-2-18)26-25(34)27-21-7-3-19(4-8-21)22-28-23(31-9-13-35-14-10-31)30-24(29-22)32-11-15-36-16-12-32/h1-8,33H,9-17H2,(H2,26,27,34). The number of aromatic nitrogens is 3. The van der Waals surface area contributed by atoms with Crippen molar-refractivity contribution in [3.05, 3.63) is 54.1 Å². The van der Waals surface area contributed by atoms with Gasteiger partial charge in [-0.1, -0.05) is 12.1 Å². The lowest BCUT2D eigenvalue weighted by atomic mass is 10.2. The maximum Gasteiger partial charge on any atom is 0.323 e. The average molecular weight is 492 g/mol. The number of ether oxygens (including phenoxy) is 2. The molecule has 36 heavy (non-hydrogen) atoms. The van der Waals surface area contributed by atoms with Gasteiger partial charge in [-0.2, -0.15) is 15.0 Å². The molecule has 2 aromatic carbocycles. The molecule has 0 spiro atoms. The molecule has 188 valence electrons. The van der Waals surface area contributed by atoms with Crippen LogP contribution >= 0.6 is 0 Å². The van der Waals surface area contributed by atoms with Gasteiger partial charge in [-0.05, 0) is 42.0 Å². The number of hydrogen-bond donors (Lipinski definition) is 3. The first kappa shape index (κ1) is 23.9. The Bertz CT molecular complexity index is 1130. The predicted octanol–water partition coefficient (Wildman–Crippen LogP) is 2.35. The normalized spacial score (nSPS) is 16.0. The average Bonchev–Trinajstić information content (AvgIpc) is 2.94. The SMILES string of the molecule is O=C(Nc1ccc(CO)cc1)Nc1ccc(-c2nc(N3CCOCC3)nc(N3CCOCC3)n2)cc1.